The average Bonchev–Trinajstić information content (AvgIpc) is 2.99. The molecular formula is C15H18Cl2N4O3S. The van der Waals surface area contributed by atoms with Crippen molar-refractivity contribution in [2.24, 2.45) is 0 Å². The van der Waals surface area contributed by atoms with Crippen LogP contribution in [0.5, 0.6) is 0 Å². The van der Waals surface area contributed by atoms with Gasteiger partial charge in [-0.25, -0.2) is 12.7 Å². The summed E-state index contributed by atoms with van der Waals surface area (Å²) in [5, 5.41) is 6.86. The molecule has 0 unspecified atom stereocenters. The molecule has 7 nitrogen and oxygen atoms in total. The fourth-order valence-electron chi connectivity index (χ4n) is 2.16. The molecule has 0 aliphatic carbocycles. The van der Waals surface area contributed by atoms with Crippen molar-refractivity contribution in [1.82, 2.24) is 19.4 Å². The molecule has 0 spiro atoms. The van der Waals surface area contributed by atoms with Crippen molar-refractivity contribution in [2.45, 2.75) is 24.9 Å². The second-order valence-corrected chi connectivity index (χ2v) is 8.31. The van der Waals surface area contributed by atoms with E-state index in [4.69, 9.17) is 23.2 Å². The minimum absolute atomic E-state index is 0.0362. The van der Waals surface area contributed by atoms with Gasteiger partial charge < -0.3 is 5.32 Å². The number of hydrogen-bond donors (Lipinski definition) is 1. The summed E-state index contributed by atoms with van der Waals surface area (Å²) >= 11 is 12.1. The van der Waals surface area contributed by atoms with E-state index in [1.807, 2.05) is 6.92 Å². The minimum atomic E-state index is -3.80. The smallest absolute Gasteiger partial charge is 0.253 e. The predicted octanol–water partition coefficient (Wildman–Crippen LogP) is 2.39. The molecule has 1 amide bonds. The van der Waals surface area contributed by atoms with Gasteiger partial charge in [-0.15, -0.1) is 0 Å². The van der Waals surface area contributed by atoms with Gasteiger partial charge in [0.05, 0.1) is 27.8 Å². The molecule has 25 heavy (non-hydrogen) atoms. The van der Waals surface area contributed by atoms with Crippen molar-refractivity contribution in [3.63, 3.8) is 0 Å². The highest BCUT2D eigenvalue weighted by atomic mass is 35.5. The summed E-state index contributed by atoms with van der Waals surface area (Å²) in [5.41, 5.74) is 0.858. The van der Waals surface area contributed by atoms with Gasteiger partial charge in [-0.05, 0) is 25.1 Å². The molecular weight excluding hydrogens is 387 g/mol. The molecule has 1 heterocycles. The Labute approximate surface area is 156 Å². The number of benzene rings is 1. The van der Waals surface area contributed by atoms with Gasteiger partial charge in [-0.3, -0.25) is 9.48 Å². The lowest BCUT2D eigenvalue weighted by atomic mass is 10.2. The average molecular weight is 405 g/mol. The van der Waals surface area contributed by atoms with E-state index in [0.29, 0.717) is 6.54 Å². The van der Waals surface area contributed by atoms with Gasteiger partial charge >= 0.3 is 0 Å². The molecule has 0 saturated heterocycles. The first-order chi connectivity index (χ1) is 11.7. The first kappa shape index (κ1) is 19.7. The first-order valence-corrected chi connectivity index (χ1v) is 9.58. The largest absolute Gasteiger partial charge is 0.346 e. The number of nitrogens with one attached hydrogen (secondary N) is 1. The molecule has 136 valence electrons. The lowest BCUT2D eigenvalue weighted by Gasteiger charge is -2.15. The van der Waals surface area contributed by atoms with Gasteiger partial charge in [-0.1, -0.05) is 23.2 Å². The van der Waals surface area contributed by atoms with Crippen LogP contribution >= 0.6 is 23.2 Å². The van der Waals surface area contributed by atoms with Gasteiger partial charge in [0.1, 0.15) is 4.90 Å². The molecule has 0 radical (unpaired) electrons. The second kappa shape index (κ2) is 7.74. The van der Waals surface area contributed by atoms with Crippen LogP contribution in [0.25, 0.3) is 0 Å². The predicted molar refractivity (Wildman–Crippen MR) is 96.4 cm³/mol. The zero-order valence-electron chi connectivity index (χ0n) is 14.0. The van der Waals surface area contributed by atoms with E-state index in [2.05, 4.69) is 10.4 Å². The van der Waals surface area contributed by atoms with Crippen LogP contribution < -0.4 is 5.32 Å². The van der Waals surface area contributed by atoms with Crippen molar-refractivity contribution in [3.05, 3.63) is 45.7 Å². The Morgan fingerprint density at radius 3 is 2.56 bits per heavy atom. The summed E-state index contributed by atoms with van der Waals surface area (Å²) in [7, 11) is -1.04. The van der Waals surface area contributed by atoms with Crippen LogP contribution in [-0.2, 0) is 23.1 Å². The van der Waals surface area contributed by atoms with Crippen LogP contribution in [0.4, 0.5) is 0 Å². The maximum atomic E-state index is 12.4. The number of hydrogen-bond acceptors (Lipinski definition) is 4. The third-order valence-electron chi connectivity index (χ3n) is 3.56. The van der Waals surface area contributed by atoms with E-state index < -0.39 is 15.9 Å². The lowest BCUT2D eigenvalue weighted by Crippen LogP contribution is -2.26. The summed E-state index contributed by atoms with van der Waals surface area (Å²) in [6.45, 7) is 2.85. The number of amides is 1. The van der Waals surface area contributed by atoms with Crippen LogP contribution in [0, 0.1) is 0 Å². The van der Waals surface area contributed by atoms with Crippen molar-refractivity contribution >= 4 is 39.1 Å². The molecule has 2 aromatic rings. The highest BCUT2D eigenvalue weighted by Crippen LogP contribution is 2.30. The molecule has 1 N–H and O–H groups in total. The van der Waals surface area contributed by atoms with E-state index in [9.17, 15) is 13.2 Å². The third kappa shape index (κ3) is 4.14. The Balaban J connectivity index is 2.31. The fourth-order valence-corrected chi connectivity index (χ4v) is 3.89. The molecule has 1 aromatic carbocycles. The summed E-state index contributed by atoms with van der Waals surface area (Å²) < 4.78 is 27.4. The normalized spacial score (nSPS) is 11.8. The minimum Gasteiger partial charge on any atom is -0.346 e. The van der Waals surface area contributed by atoms with Crippen molar-refractivity contribution in [2.75, 3.05) is 14.1 Å². The van der Waals surface area contributed by atoms with Crippen LogP contribution in [-0.4, -0.2) is 42.5 Å². The zero-order valence-corrected chi connectivity index (χ0v) is 16.3. The molecule has 0 bridgehead atoms. The lowest BCUT2D eigenvalue weighted by molar-refractivity contribution is 0.0950. The number of sulfonamides is 1. The number of carbonyl (C=O) groups excluding carboxylic acids is 1. The van der Waals surface area contributed by atoms with E-state index in [0.717, 1.165) is 10.00 Å². The molecule has 0 aliphatic heterocycles. The number of aromatic nitrogens is 2. The Hall–Kier alpha value is -1.61. The van der Waals surface area contributed by atoms with Crippen molar-refractivity contribution in [1.29, 1.82) is 0 Å². The number of aryl methyl sites for hydroxylation is 1. The van der Waals surface area contributed by atoms with E-state index in [1.165, 1.54) is 26.2 Å². The maximum absolute atomic E-state index is 12.4. The summed E-state index contributed by atoms with van der Waals surface area (Å²) in [6, 6.07) is 4.23. The molecule has 0 aliphatic rings. The van der Waals surface area contributed by atoms with Gasteiger partial charge in [-0.2, -0.15) is 5.10 Å². The van der Waals surface area contributed by atoms with Gasteiger partial charge in [0.2, 0.25) is 10.0 Å². The van der Waals surface area contributed by atoms with Crippen molar-refractivity contribution < 1.29 is 13.2 Å². The number of halogens is 2. The molecule has 0 atom stereocenters. The Morgan fingerprint density at radius 1 is 1.28 bits per heavy atom. The SMILES string of the molecule is CCn1nccc1CNC(=O)c1cc(S(=O)(=O)N(C)C)c(Cl)cc1Cl. The first-order valence-electron chi connectivity index (χ1n) is 7.39. The van der Waals surface area contributed by atoms with Crippen LogP contribution in [0.1, 0.15) is 23.0 Å². The molecule has 2 rings (SSSR count). The highest BCUT2D eigenvalue weighted by Gasteiger charge is 2.24. The van der Waals surface area contributed by atoms with Crippen LogP contribution in [0.2, 0.25) is 10.0 Å². The van der Waals surface area contributed by atoms with Gasteiger partial charge in [0, 0.05) is 26.8 Å². The zero-order chi connectivity index (χ0) is 18.8. The highest BCUT2D eigenvalue weighted by molar-refractivity contribution is 7.89. The summed E-state index contributed by atoms with van der Waals surface area (Å²) in [6.07, 6.45) is 1.64. The Kier molecular flexibility index (Phi) is 6.10. The molecule has 0 saturated carbocycles. The molecule has 1 aromatic heterocycles. The van der Waals surface area contributed by atoms with Gasteiger partial charge in [0.15, 0.2) is 0 Å². The second-order valence-electron chi connectivity index (χ2n) is 5.37. The quantitative estimate of drug-likeness (QED) is 0.800. The molecule has 10 heteroatoms. The topological polar surface area (TPSA) is 84.3 Å². The number of carbonyl (C=O) groups is 1. The van der Waals surface area contributed by atoms with Crippen LogP contribution in [0.15, 0.2) is 29.3 Å². The summed E-state index contributed by atoms with van der Waals surface area (Å²) in [5.74, 6) is -0.499. The standard InChI is InChI=1S/C15H18Cl2N4O3S/c1-4-21-10(5-6-19-21)9-18-15(22)11-7-14(13(17)8-12(11)16)25(23,24)20(2)3/h5-8H,4,9H2,1-3H3,(H,18,22). The van der Waals surface area contributed by atoms with Crippen LogP contribution in [0.3, 0.4) is 0 Å². The van der Waals surface area contributed by atoms with Gasteiger partial charge in [0.25, 0.3) is 5.91 Å². The monoisotopic (exact) mass is 404 g/mol. The fraction of sp³-hybridized carbons (Fsp3) is 0.333. The van der Waals surface area contributed by atoms with E-state index in [-0.39, 0.29) is 27.0 Å². The van der Waals surface area contributed by atoms with Crippen molar-refractivity contribution in [3.8, 4) is 0 Å². The van der Waals surface area contributed by atoms with E-state index in [1.54, 1.807) is 16.9 Å². The molecule has 0 fully saturated rings. The Bertz CT molecular complexity index is 894. The summed E-state index contributed by atoms with van der Waals surface area (Å²) in [4.78, 5) is 12.3. The number of rotatable bonds is 6. The number of nitrogens with zero attached hydrogens (tertiary/aromatic N) is 3. The van der Waals surface area contributed by atoms with E-state index >= 15 is 0 Å². The third-order valence-corrected chi connectivity index (χ3v) is 6.15. The Morgan fingerprint density at radius 2 is 1.96 bits per heavy atom. The maximum Gasteiger partial charge on any atom is 0.253 e.